The summed E-state index contributed by atoms with van der Waals surface area (Å²) in [6.07, 6.45) is 5.61. The SMILES string of the molecule is CCCCc1c(OP(O)O)cc(C)c(O)c1CCCC. The molecule has 0 bridgehead atoms. The van der Waals surface area contributed by atoms with Crippen molar-refractivity contribution in [1.82, 2.24) is 0 Å². The van der Waals surface area contributed by atoms with Gasteiger partial charge in [-0.2, -0.15) is 0 Å². The van der Waals surface area contributed by atoms with Crippen LogP contribution in [-0.4, -0.2) is 14.9 Å². The molecule has 0 aliphatic rings. The van der Waals surface area contributed by atoms with Crippen LogP contribution in [0, 0.1) is 6.92 Å². The molecule has 3 N–H and O–H groups in total. The standard InChI is InChI=1S/C15H25O4P/c1-4-6-8-12-13(9-7-5-2)15(16)11(3)10-14(12)19-20(17)18/h10,16-18H,4-9H2,1-3H3. The average Bonchev–Trinajstić information content (AvgIpc) is 2.39. The summed E-state index contributed by atoms with van der Waals surface area (Å²) in [5.41, 5.74) is 2.52. The van der Waals surface area contributed by atoms with Crippen molar-refractivity contribution in [3.8, 4) is 11.5 Å². The van der Waals surface area contributed by atoms with Crippen molar-refractivity contribution in [1.29, 1.82) is 0 Å². The van der Waals surface area contributed by atoms with E-state index in [1.807, 2.05) is 0 Å². The molecule has 0 unspecified atom stereocenters. The van der Waals surface area contributed by atoms with E-state index in [4.69, 9.17) is 14.3 Å². The Kier molecular flexibility index (Phi) is 7.28. The highest BCUT2D eigenvalue weighted by Crippen LogP contribution is 2.40. The molecule has 0 heterocycles. The lowest BCUT2D eigenvalue weighted by atomic mass is 9.94. The van der Waals surface area contributed by atoms with E-state index in [0.717, 1.165) is 49.7 Å². The van der Waals surface area contributed by atoms with Crippen LogP contribution in [0.5, 0.6) is 11.5 Å². The number of rotatable bonds is 8. The largest absolute Gasteiger partial charge is 0.507 e. The number of hydrogen-bond acceptors (Lipinski definition) is 4. The lowest BCUT2D eigenvalue weighted by Crippen LogP contribution is -2.01. The Morgan fingerprint density at radius 3 is 2.10 bits per heavy atom. The number of phenolic OH excluding ortho intramolecular Hbond substituents is 1. The quantitative estimate of drug-likeness (QED) is 0.635. The molecule has 0 aromatic heterocycles. The molecule has 0 aliphatic carbocycles. The molecule has 0 aliphatic heterocycles. The molecular formula is C15H25O4P. The van der Waals surface area contributed by atoms with E-state index in [2.05, 4.69) is 13.8 Å². The van der Waals surface area contributed by atoms with Crippen LogP contribution in [0.15, 0.2) is 6.07 Å². The first-order valence-corrected chi connectivity index (χ1v) is 8.37. The van der Waals surface area contributed by atoms with Crippen LogP contribution in [-0.2, 0) is 12.8 Å². The fourth-order valence-corrected chi connectivity index (χ4v) is 2.64. The highest BCUT2D eigenvalue weighted by atomic mass is 31.2. The monoisotopic (exact) mass is 300 g/mol. The Balaban J connectivity index is 3.22. The molecule has 1 aromatic rings. The third-order valence-corrected chi connectivity index (χ3v) is 3.77. The second-order valence-electron chi connectivity index (χ2n) is 5.05. The molecule has 1 rings (SSSR count). The summed E-state index contributed by atoms with van der Waals surface area (Å²) >= 11 is 0. The predicted octanol–water partition coefficient (Wildman–Crippen LogP) is 3.98. The highest BCUT2D eigenvalue weighted by molar-refractivity contribution is 7.39. The third-order valence-electron chi connectivity index (χ3n) is 3.41. The fourth-order valence-electron chi connectivity index (χ4n) is 2.30. The Hall–Kier alpha value is -0.830. The van der Waals surface area contributed by atoms with Gasteiger partial charge >= 0.3 is 8.60 Å². The van der Waals surface area contributed by atoms with Crippen LogP contribution in [0.1, 0.15) is 56.2 Å². The van der Waals surface area contributed by atoms with Crippen molar-refractivity contribution in [2.75, 3.05) is 0 Å². The minimum absolute atomic E-state index is 0.317. The third kappa shape index (κ3) is 4.62. The van der Waals surface area contributed by atoms with Gasteiger partial charge in [-0.05, 0) is 44.2 Å². The molecule has 1 aromatic carbocycles. The summed E-state index contributed by atoms with van der Waals surface area (Å²) in [7, 11) is -2.44. The lowest BCUT2D eigenvalue weighted by Gasteiger charge is -2.18. The summed E-state index contributed by atoms with van der Waals surface area (Å²) in [6, 6.07) is 1.69. The Labute approximate surface area is 122 Å². The molecule has 5 heteroatoms. The van der Waals surface area contributed by atoms with Crippen LogP contribution in [0.2, 0.25) is 0 Å². The van der Waals surface area contributed by atoms with Crippen molar-refractivity contribution in [2.24, 2.45) is 0 Å². The molecular weight excluding hydrogens is 275 g/mol. The first kappa shape index (κ1) is 17.2. The van der Waals surface area contributed by atoms with E-state index < -0.39 is 8.60 Å². The summed E-state index contributed by atoms with van der Waals surface area (Å²) in [5, 5.41) is 10.3. The molecule has 0 saturated heterocycles. The van der Waals surface area contributed by atoms with Crippen LogP contribution in [0.25, 0.3) is 0 Å². The zero-order valence-corrected chi connectivity index (χ0v) is 13.4. The van der Waals surface area contributed by atoms with E-state index in [9.17, 15) is 5.11 Å². The predicted molar refractivity (Wildman–Crippen MR) is 82.1 cm³/mol. The molecule has 20 heavy (non-hydrogen) atoms. The van der Waals surface area contributed by atoms with Crippen LogP contribution in [0.4, 0.5) is 0 Å². The number of aryl methyl sites for hydroxylation is 1. The normalized spacial score (nSPS) is 11.1. The number of unbranched alkanes of at least 4 members (excludes halogenated alkanes) is 2. The van der Waals surface area contributed by atoms with Crippen molar-refractivity contribution in [2.45, 2.75) is 59.3 Å². The lowest BCUT2D eigenvalue weighted by molar-refractivity contribution is 0.371. The second-order valence-corrected chi connectivity index (χ2v) is 5.74. The first-order valence-electron chi connectivity index (χ1n) is 7.21. The van der Waals surface area contributed by atoms with Crippen LogP contribution in [0.3, 0.4) is 0 Å². The van der Waals surface area contributed by atoms with Gasteiger partial charge in [-0.15, -0.1) is 0 Å². The Morgan fingerprint density at radius 1 is 1.05 bits per heavy atom. The van der Waals surface area contributed by atoms with E-state index in [-0.39, 0.29) is 0 Å². The van der Waals surface area contributed by atoms with E-state index in [0.29, 0.717) is 17.1 Å². The van der Waals surface area contributed by atoms with E-state index in [1.54, 1.807) is 13.0 Å². The van der Waals surface area contributed by atoms with E-state index >= 15 is 0 Å². The zero-order chi connectivity index (χ0) is 15.1. The van der Waals surface area contributed by atoms with Gasteiger partial charge in [0, 0.05) is 11.1 Å². The minimum atomic E-state index is -2.44. The van der Waals surface area contributed by atoms with Crippen LogP contribution < -0.4 is 4.52 Å². The topological polar surface area (TPSA) is 69.9 Å². The maximum atomic E-state index is 10.3. The van der Waals surface area contributed by atoms with Gasteiger partial charge in [-0.25, -0.2) is 0 Å². The van der Waals surface area contributed by atoms with Crippen molar-refractivity contribution in [3.05, 3.63) is 22.8 Å². The average molecular weight is 300 g/mol. The maximum absolute atomic E-state index is 10.3. The van der Waals surface area contributed by atoms with E-state index in [1.165, 1.54) is 0 Å². The van der Waals surface area contributed by atoms with Gasteiger partial charge in [-0.3, -0.25) is 0 Å². The van der Waals surface area contributed by atoms with Crippen molar-refractivity contribution >= 4 is 8.60 Å². The second kappa shape index (κ2) is 8.46. The maximum Gasteiger partial charge on any atom is 0.391 e. The van der Waals surface area contributed by atoms with Crippen molar-refractivity contribution in [3.63, 3.8) is 0 Å². The van der Waals surface area contributed by atoms with Gasteiger partial charge in [0.1, 0.15) is 11.5 Å². The highest BCUT2D eigenvalue weighted by Gasteiger charge is 2.18. The molecule has 4 nitrogen and oxygen atoms in total. The summed E-state index contributed by atoms with van der Waals surface area (Å²) < 4.78 is 5.16. The van der Waals surface area contributed by atoms with Crippen molar-refractivity contribution < 1.29 is 19.4 Å². The van der Waals surface area contributed by atoms with Gasteiger partial charge in [0.05, 0.1) is 0 Å². The molecule has 0 amide bonds. The van der Waals surface area contributed by atoms with Gasteiger partial charge in [-0.1, -0.05) is 26.7 Å². The first-order chi connectivity index (χ1) is 9.51. The summed E-state index contributed by atoms with van der Waals surface area (Å²) in [4.78, 5) is 18.2. The molecule has 0 fully saturated rings. The number of hydrogen-bond donors (Lipinski definition) is 3. The van der Waals surface area contributed by atoms with Gasteiger partial charge in [0.2, 0.25) is 0 Å². The van der Waals surface area contributed by atoms with Gasteiger partial charge in [0.25, 0.3) is 0 Å². The Bertz CT molecular complexity index is 432. The smallest absolute Gasteiger partial charge is 0.391 e. The minimum Gasteiger partial charge on any atom is -0.507 e. The summed E-state index contributed by atoms with van der Waals surface area (Å²) in [6.45, 7) is 6.01. The molecule has 0 spiro atoms. The fraction of sp³-hybridized carbons (Fsp3) is 0.600. The summed E-state index contributed by atoms with van der Waals surface area (Å²) in [5.74, 6) is 0.813. The molecule has 0 atom stereocenters. The zero-order valence-electron chi connectivity index (χ0n) is 12.5. The molecule has 0 saturated carbocycles. The number of benzene rings is 1. The number of aromatic hydroxyl groups is 1. The van der Waals surface area contributed by atoms with Crippen LogP contribution >= 0.6 is 8.60 Å². The van der Waals surface area contributed by atoms with Gasteiger partial charge < -0.3 is 19.4 Å². The molecule has 114 valence electrons. The van der Waals surface area contributed by atoms with Gasteiger partial charge in [0.15, 0.2) is 0 Å². The molecule has 0 radical (unpaired) electrons. The Morgan fingerprint density at radius 2 is 1.60 bits per heavy atom. The number of phenols is 1.